The van der Waals surface area contributed by atoms with Crippen LogP contribution in [-0.2, 0) is 9.84 Å². The van der Waals surface area contributed by atoms with E-state index >= 15 is 0 Å². The number of rotatable bonds is 6. The van der Waals surface area contributed by atoms with E-state index in [9.17, 15) is 8.42 Å². The Morgan fingerprint density at radius 3 is 2.80 bits per heavy atom. The van der Waals surface area contributed by atoms with Gasteiger partial charge in [0.1, 0.15) is 9.84 Å². The molecule has 15 heavy (non-hydrogen) atoms. The zero-order valence-electron chi connectivity index (χ0n) is 8.90. The number of aromatic amines is 1. The fourth-order valence-corrected chi connectivity index (χ4v) is 2.06. The molecule has 0 amide bonds. The SMILES string of the molecule is CNC(CCCS(C)(=O)=O)c1cn[nH]n1. The van der Waals surface area contributed by atoms with Crippen LogP contribution in [0.1, 0.15) is 24.6 Å². The zero-order chi connectivity index (χ0) is 11.3. The van der Waals surface area contributed by atoms with Crippen molar-refractivity contribution in [1.29, 1.82) is 0 Å². The second-order valence-corrected chi connectivity index (χ2v) is 5.77. The first-order valence-corrected chi connectivity index (χ1v) is 6.79. The minimum absolute atomic E-state index is 0.0606. The summed E-state index contributed by atoms with van der Waals surface area (Å²) in [5.41, 5.74) is 0.811. The molecule has 0 bridgehead atoms. The molecule has 0 aliphatic carbocycles. The van der Waals surface area contributed by atoms with E-state index in [2.05, 4.69) is 20.7 Å². The average Bonchev–Trinajstić information content (AvgIpc) is 2.63. The van der Waals surface area contributed by atoms with Crippen LogP contribution in [0.15, 0.2) is 6.20 Å². The summed E-state index contributed by atoms with van der Waals surface area (Å²) in [5, 5.41) is 13.3. The van der Waals surface area contributed by atoms with Gasteiger partial charge >= 0.3 is 0 Å². The van der Waals surface area contributed by atoms with Crippen molar-refractivity contribution in [3.63, 3.8) is 0 Å². The van der Waals surface area contributed by atoms with E-state index in [-0.39, 0.29) is 11.8 Å². The lowest BCUT2D eigenvalue weighted by atomic mass is 10.1. The van der Waals surface area contributed by atoms with E-state index in [4.69, 9.17) is 0 Å². The molecule has 0 spiro atoms. The topological polar surface area (TPSA) is 87.7 Å². The molecule has 1 unspecified atom stereocenters. The van der Waals surface area contributed by atoms with Crippen LogP contribution in [0.2, 0.25) is 0 Å². The molecule has 1 rings (SSSR count). The smallest absolute Gasteiger partial charge is 0.147 e. The number of aromatic nitrogens is 3. The Kier molecular flexibility index (Phi) is 4.22. The molecule has 2 N–H and O–H groups in total. The Morgan fingerprint density at radius 2 is 2.33 bits per heavy atom. The van der Waals surface area contributed by atoms with Crippen molar-refractivity contribution < 1.29 is 8.42 Å². The molecular formula is C8H16N4O2S. The molecule has 6 nitrogen and oxygen atoms in total. The molecule has 86 valence electrons. The van der Waals surface area contributed by atoms with Crippen molar-refractivity contribution in [1.82, 2.24) is 20.7 Å². The summed E-state index contributed by atoms with van der Waals surface area (Å²) < 4.78 is 21.9. The number of nitrogens with one attached hydrogen (secondary N) is 2. The van der Waals surface area contributed by atoms with Crippen molar-refractivity contribution in [2.75, 3.05) is 19.1 Å². The van der Waals surface area contributed by atoms with E-state index in [1.165, 1.54) is 6.26 Å². The van der Waals surface area contributed by atoms with Crippen LogP contribution in [0, 0.1) is 0 Å². The second-order valence-electron chi connectivity index (χ2n) is 3.51. The summed E-state index contributed by atoms with van der Waals surface area (Å²) in [7, 11) is -1.05. The molecule has 0 aliphatic rings. The van der Waals surface area contributed by atoms with Gasteiger partial charge in [-0.2, -0.15) is 15.4 Å². The number of hydrogen-bond acceptors (Lipinski definition) is 5. The van der Waals surface area contributed by atoms with Gasteiger partial charge < -0.3 is 5.32 Å². The molecular weight excluding hydrogens is 216 g/mol. The monoisotopic (exact) mass is 232 g/mol. The highest BCUT2D eigenvalue weighted by Gasteiger charge is 2.12. The van der Waals surface area contributed by atoms with Crippen molar-refractivity contribution >= 4 is 9.84 Å². The maximum Gasteiger partial charge on any atom is 0.147 e. The van der Waals surface area contributed by atoms with Crippen LogP contribution in [0.3, 0.4) is 0 Å². The standard InChI is InChI=1S/C8H16N4O2S/c1-9-7(8-6-10-12-11-8)4-3-5-15(2,13)14/h6-7,9H,3-5H2,1-2H3,(H,10,11,12). The van der Waals surface area contributed by atoms with Gasteiger partial charge in [0.15, 0.2) is 0 Å². The molecule has 0 saturated heterocycles. The van der Waals surface area contributed by atoms with Crippen molar-refractivity contribution in [2.24, 2.45) is 0 Å². The molecule has 0 radical (unpaired) electrons. The van der Waals surface area contributed by atoms with E-state index in [0.29, 0.717) is 6.42 Å². The fraction of sp³-hybridized carbons (Fsp3) is 0.750. The Morgan fingerprint density at radius 1 is 1.60 bits per heavy atom. The second kappa shape index (κ2) is 5.22. The molecule has 1 aromatic rings. The molecule has 1 heterocycles. The van der Waals surface area contributed by atoms with Crippen molar-refractivity contribution in [3.8, 4) is 0 Å². The van der Waals surface area contributed by atoms with Gasteiger partial charge in [-0.15, -0.1) is 0 Å². The summed E-state index contributed by atoms with van der Waals surface area (Å²) in [6.07, 6.45) is 4.24. The number of hydrogen-bond donors (Lipinski definition) is 2. The minimum Gasteiger partial charge on any atom is -0.312 e. The van der Waals surface area contributed by atoms with Crippen LogP contribution in [0.25, 0.3) is 0 Å². The lowest BCUT2D eigenvalue weighted by Gasteiger charge is -2.12. The third-order valence-corrected chi connectivity index (χ3v) is 3.18. The quantitative estimate of drug-likeness (QED) is 0.714. The minimum atomic E-state index is -2.87. The van der Waals surface area contributed by atoms with Gasteiger partial charge in [0.2, 0.25) is 0 Å². The molecule has 0 aromatic carbocycles. The third-order valence-electron chi connectivity index (χ3n) is 2.15. The lowest BCUT2D eigenvalue weighted by molar-refractivity contribution is 0.524. The summed E-state index contributed by atoms with van der Waals surface area (Å²) in [6, 6.07) is 0.0606. The average molecular weight is 232 g/mol. The first kappa shape index (κ1) is 12.1. The van der Waals surface area contributed by atoms with Crippen LogP contribution < -0.4 is 5.32 Å². The van der Waals surface area contributed by atoms with Crippen molar-refractivity contribution in [2.45, 2.75) is 18.9 Å². The number of sulfone groups is 1. The van der Waals surface area contributed by atoms with E-state index in [1.54, 1.807) is 6.20 Å². The highest BCUT2D eigenvalue weighted by molar-refractivity contribution is 7.90. The van der Waals surface area contributed by atoms with Gasteiger partial charge in [0, 0.05) is 12.0 Å². The number of H-pyrrole nitrogens is 1. The lowest BCUT2D eigenvalue weighted by Crippen LogP contribution is -2.18. The fourth-order valence-electron chi connectivity index (χ4n) is 1.37. The molecule has 0 fully saturated rings. The predicted molar refractivity (Wildman–Crippen MR) is 57.1 cm³/mol. The molecule has 0 aliphatic heterocycles. The highest BCUT2D eigenvalue weighted by atomic mass is 32.2. The Balaban J connectivity index is 2.42. The maximum absolute atomic E-state index is 10.9. The predicted octanol–water partition coefficient (Wildman–Crippen LogP) is -0.110. The van der Waals surface area contributed by atoms with Gasteiger partial charge in [-0.25, -0.2) is 8.42 Å². The Hall–Kier alpha value is -0.950. The molecule has 1 aromatic heterocycles. The first-order valence-electron chi connectivity index (χ1n) is 4.73. The van der Waals surface area contributed by atoms with Crippen LogP contribution >= 0.6 is 0 Å². The normalized spacial score (nSPS) is 14.0. The van der Waals surface area contributed by atoms with Gasteiger partial charge in [-0.3, -0.25) is 0 Å². The summed E-state index contributed by atoms with van der Waals surface area (Å²) in [5.74, 6) is 0.211. The Labute approximate surface area is 89.4 Å². The van der Waals surface area contributed by atoms with Gasteiger partial charge in [0.05, 0.1) is 17.9 Å². The van der Waals surface area contributed by atoms with Crippen LogP contribution in [0.4, 0.5) is 0 Å². The third kappa shape index (κ3) is 4.39. The first-order chi connectivity index (χ1) is 7.03. The summed E-state index contributed by atoms with van der Waals surface area (Å²) in [6.45, 7) is 0. The largest absolute Gasteiger partial charge is 0.312 e. The summed E-state index contributed by atoms with van der Waals surface area (Å²) in [4.78, 5) is 0. The van der Waals surface area contributed by atoms with Crippen molar-refractivity contribution in [3.05, 3.63) is 11.9 Å². The molecule has 1 atom stereocenters. The summed E-state index contributed by atoms with van der Waals surface area (Å²) >= 11 is 0. The van der Waals surface area contributed by atoms with E-state index < -0.39 is 9.84 Å². The molecule has 0 saturated carbocycles. The van der Waals surface area contributed by atoms with Gasteiger partial charge in [-0.1, -0.05) is 0 Å². The van der Waals surface area contributed by atoms with Crippen LogP contribution in [-0.4, -0.2) is 42.9 Å². The maximum atomic E-state index is 10.9. The Bertz CT molecular complexity index is 373. The zero-order valence-corrected chi connectivity index (χ0v) is 9.71. The number of nitrogens with zero attached hydrogens (tertiary/aromatic N) is 2. The van der Waals surface area contributed by atoms with Crippen LogP contribution in [0.5, 0.6) is 0 Å². The van der Waals surface area contributed by atoms with Gasteiger partial charge in [-0.05, 0) is 19.9 Å². The highest BCUT2D eigenvalue weighted by Crippen LogP contribution is 2.14. The van der Waals surface area contributed by atoms with E-state index in [0.717, 1.165) is 12.1 Å². The molecule has 7 heteroatoms. The van der Waals surface area contributed by atoms with E-state index in [1.807, 2.05) is 7.05 Å². The van der Waals surface area contributed by atoms with Gasteiger partial charge in [0.25, 0.3) is 0 Å².